The highest BCUT2D eigenvalue weighted by atomic mass is 32.2. The van der Waals surface area contributed by atoms with Crippen molar-refractivity contribution in [3.05, 3.63) is 110 Å². The van der Waals surface area contributed by atoms with Gasteiger partial charge in [0.05, 0.1) is 5.75 Å². The summed E-state index contributed by atoms with van der Waals surface area (Å²) in [7, 11) is 0. The summed E-state index contributed by atoms with van der Waals surface area (Å²) >= 11 is 6.69. The number of hydrogen-bond acceptors (Lipinski definition) is 6. The van der Waals surface area contributed by atoms with Crippen LogP contribution in [-0.2, 0) is 4.79 Å². The van der Waals surface area contributed by atoms with E-state index in [9.17, 15) is 9.59 Å². The number of carboxylic acids is 1. The lowest BCUT2D eigenvalue weighted by Crippen LogP contribution is -2.24. The van der Waals surface area contributed by atoms with E-state index in [1.165, 1.54) is 4.57 Å². The van der Waals surface area contributed by atoms with Crippen LogP contribution in [0.25, 0.3) is 18.0 Å². The lowest BCUT2D eigenvalue weighted by Gasteiger charge is -2.21. The molecule has 168 valence electrons. The highest BCUT2D eigenvalue weighted by molar-refractivity contribution is 7.99. The van der Waals surface area contributed by atoms with Crippen molar-refractivity contribution in [1.29, 1.82) is 0 Å². The fourth-order valence-corrected chi connectivity index (χ4v) is 4.84. The third-order valence-electron chi connectivity index (χ3n) is 5.55. The zero-order valence-corrected chi connectivity index (χ0v) is 19.3. The molecule has 0 spiro atoms. The Morgan fingerprint density at radius 2 is 1.62 bits per heavy atom. The average Bonchev–Trinajstić information content (AvgIpc) is 3.00. The molecule has 2 N–H and O–H groups in total. The molecule has 0 aliphatic heterocycles. The monoisotopic (exact) mass is 486 g/mol. The summed E-state index contributed by atoms with van der Waals surface area (Å²) in [6.45, 7) is 0. The van der Waals surface area contributed by atoms with E-state index in [4.69, 9.17) is 17.3 Å². The van der Waals surface area contributed by atoms with Gasteiger partial charge >= 0.3 is 11.7 Å². The van der Waals surface area contributed by atoms with Crippen molar-refractivity contribution < 1.29 is 9.90 Å². The Balaban J connectivity index is 1.65. The number of aromatic nitrogens is 4. The van der Waals surface area contributed by atoms with Crippen molar-refractivity contribution >= 4 is 42.1 Å². The first-order chi connectivity index (χ1) is 16.5. The van der Waals surface area contributed by atoms with Crippen molar-refractivity contribution in [3.8, 4) is 5.82 Å². The second-order valence-corrected chi connectivity index (χ2v) is 9.05. The number of thioether (sulfide) groups is 1. The molecular weight excluding hydrogens is 468 g/mol. The molecule has 0 atom stereocenters. The molecule has 5 rings (SSSR count). The van der Waals surface area contributed by atoms with Crippen LogP contribution in [0.3, 0.4) is 0 Å². The van der Waals surface area contributed by atoms with E-state index in [0.29, 0.717) is 15.5 Å². The number of benzene rings is 2. The number of fused-ring (bicyclic) bond motifs is 2. The first-order valence-corrected chi connectivity index (χ1v) is 11.8. The summed E-state index contributed by atoms with van der Waals surface area (Å²) in [5.74, 6) is -0.946. The van der Waals surface area contributed by atoms with E-state index < -0.39 is 11.7 Å². The summed E-state index contributed by atoms with van der Waals surface area (Å²) < 4.78 is 1.74. The SMILES string of the molecule is O=C(O)CSc1ccc(-n2cc(C3c4ccccc4C=Cc4ccccc43)c(=S)[nH]c2=O)nn1. The van der Waals surface area contributed by atoms with Gasteiger partial charge in [-0.25, -0.2) is 4.79 Å². The predicted octanol–water partition coefficient (Wildman–Crippen LogP) is 4.53. The second kappa shape index (κ2) is 9.20. The van der Waals surface area contributed by atoms with Gasteiger partial charge in [-0.1, -0.05) is 84.7 Å². The first kappa shape index (κ1) is 22.0. The highest BCUT2D eigenvalue weighted by Gasteiger charge is 2.25. The van der Waals surface area contributed by atoms with Crippen molar-refractivity contribution in [3.63, 3.8) is 0 Å². The Bertz CT molecular complexity index is 1490. The lowest BCUT2D eigenvalue weighted by molar-refractivity contribution is -0.133. The van der Waals surface area contributed by atoms with E-state index in [0.717, 1.165) is 39.6 Å². The Kier molecular flexibility index (Phi) is 5.95. The summed E-state index contributed by atoms with van der Waals surface area (Å²) in [6, 6.07) is 19.5. The minimum absolute atomic E-state index is 0.120. The largest absolute Gasteiger partial charge is 0.481 e. The fourth-order valence-electron chi connectivity index (χ4n) is 4.05. The minimum atomic E-state index is -0.939. The van der Waals surface area contributed by atoms with Crippen LogP contribution < -0.4 is 5.69 Å². The van der Waals surface area contributed by atoms with E-state index in [1.54, 1.807) is 18.3 Å². The van der Waals surface area contributed by atoms with Crippen LogP contribution in [0, 0.1) is 4.64 Å². The Morgan fingerprint density at radius 3 is 2.21 bits per heavy atom. The Labute approximate surface area is 203 Å². The van der Waals surface area contributed by atoms with Crippen molar-refractivity contribution in [1.82, 2.24) is 19.7 Å². The normalized spacial score (nSPS) is 12.6. The van der Waals surface area contributed by atoms with Crippen LogP contribution in [0.15, 0.2) is 76.7 Å². The van der Waals surface area contributed by atoms with Gasteiger partial charge in [0.25, 0.3) is 0 Å². The molecule has 2 heterocycles. The number of aromatic amines is 1. The van der Waals surface area contributed by atoms with Gasteiger partial charge in [-0.3, -0.25) is 14.3 Å². The smallest absolute Gasteiger partial charge is 0.332 e. The maximum atomic E-state index is 12.8. The molecule has 2 aromatic carbocycles. The number of nitrogens with zero attached hydrogens (tertiary/aromatic N) is 3. The molecule has 1 aliphatic carbocycles. The zero-order chi connectivity index (χ0) is 23.7. The van der Waals surface area contributed by atoms with Crippen LogP contribution in [0.4, 0.5) is 0 Å². The number of carbonyl (C=O) groups is 1. The van der Waals surface area contributed by atoms with Gasteiger partial charge in [0.2, 0.25) is 0 Å². The molecule has 7 nitrogen and oxygen atoms in total. The van der Waals surface area contributed by atoms with Gasteiger partial charge < -0.3 is 5.11 Å². The molecule has 0 amide bonds. The quantitative estimate of drug-likeness (QED) is 0.278. The maximum absolute atomic E-state index is 12.8. The number of hydrogen-bond donors (Lipinski definition) is 2. The minimum Gasteiger partial charge on any atom is -0.481 e. The molecule has 0 bridgehead atoms. The van der Waals surface area contributed by atoms with Crippen LogP contribution in [-0.4, -0.2) is 36.6 Å². The number of rotatable bonds is 5. The van der Waals surface area contributed by atoms with Gasteiger partial charge in [-0.15, -0.1) is 10.2 Å². The molecule has 34 heavy (non-hydrogen) atoms. The van der Waals surface area contributed by atoms with E-state index in [-0.39, 0.29) is 11.7 Å². The number of H-pyrrole nitrogens is 1. The van der Waals surface area contributed by atoms with Crippen LogP contribution in [0.2, 0.25) is 0 Å². The standard InChI is InChI=1S/C25H18N4O3S2/c30-22(31)14-34-21-12-11-20(27-28-21)29-13-19(24(33)26-25(29)32)23-17-7-3-1-5-15(17)9-10-16-6-2-4-8-18(16)23/h1-13,23H,14H2,(H,30,31)(H,26,32,33). The fraction of sp³-hybridized carbons (Fsp3) is 0.0800. The molecule has 2 aromatic heterocycles. The Morgan fingerprint density at radius 1 is 0.971 bits per heavy atom. The first-order valence-electron chi connectivity index (χ1n) is 10.4. The summed E-state index contributed by atoms with van der Waals surface area (Å²) in [5, 5.41) is 17.5. The van der Waals surface area contributed by atoms with Crippen molar-refractivity contribution in [2.75, 3.05) is 5.75 Å². The molecule has 1 aliphatic rings. The third-order valence-corrected chi connectivity index (χ3v) is 6.80. The molecule has 0 saturated heterocycles. The summed E-state index contributed by atoms with van der Waals surface area (Å²) in [5.41, 5.74) is 4.66. The van der Waals surface area contributed by atoms with Crippen LogP contribution >= 0.6 is 24.0 Å². The number of aliphatic carboxylic acids is 1. The molecule has 0 unspecified atom stereocenters. The van der Waals surface area contributed by atoms with Gasteiger partial charge in [0.1, 0.15) is 9.67 Å². The molecule has 0 saturated carbocycles. The van der Waals surface area contributed by atoms with E-state index in [2.05, 4.69) is 51.6 Å². The average molecular weight is 487 g/mol. The van der Waals surface area contributed by atoms with E-state index in [1.807, 2.05) is 24.3 Å². The molecule has 0 fully saturated rings. The molecule has 9 heteroatoms. The highest BCUT2D eigenvalue weighted by Crippen LogP contribution is 2.39. The van der Waals surface area contributed by atoms with Gasteiger partial charge in [-0.2, -0.15) is 0 Å². The Hall–Kier alpha value is -3.82. The summed E-state index contributed by atoms with van der Waals surface area (Å²) in [4.78, 5) is 26.4. The van der Waals surface area contributed by atoms with E-state index >= 15 is 0 Å². The zero-order valence-electron chi connectivity index (χ0n) is 17.7. The van der Waals surface area contributed by atoms with Crippen molar-refractivity contribution in [2.45, 2.75) is 10.9 Å². The second-order valence-electron chi connectivity index (χ2n) is 7.65. The topological polar surface area (TPSA) is 101 Å². The van der Waals surface area contributed by atoms with Gasteiger partial charge in [0, 0.05) is 17.7 Å². The van der Waals surface area contributed by atoms with Crippen molar-refractivity contribution in [2.24, 2.45) is 0 Å². The molecular formula is C25H18N4O3S2. The van der Waals surface area contributed by atoms with Crippen LogP contribution in [0.5, 0.6) is 0 Å². The molecule has 4 aromatic rings. The number of nitrogens with one attached hydrogen (secondary N) is 1. The third kappa shape index (κ3) is 4.23. The van der Waals surface area contributed by atoms with Gasteiger partial charge in [0.15, 0.2) is 5.82 Å². The molecule has 0 radical (unpaired) electrons. The predicted molar refractivity (Wildman–Crippen MR) is 134 cm³/mol. The van der Waals surface area contributed by atoms with Gasteiger partial charge in [-0.05, 0) is 34.4 Å². The number of carboxylic acid groups (broad SMARTS) is 1. The van der Waals surface area contributed by atoms with Crippen LogP contribution in [0.1, 0.15) is 33.7 Å². The summed E-state index contributed by atoms with van der Waals surface area (Å²) in [6.07, 6.45) is 5.91. The lowest BCUT2D eigenvalue weighted by atomic mass is 9.83. The maximum Gasteiger partial charge on any atom is 0.332 e.